The molecule has 2 aliphatic heterocycles. The predicted molar refractivity (Wildman–Crippen MR) is 71.1 cm³/mol. The van der Waals surface area contributed by atoms with Crippen LogP contribution in [0.3, 0.4) is 0 Å². The Hall–Kier alpha value is 0.270. The molecule has 2 saturated heterocycles. The number of thioether (sulfide) groups is 1. The van der Waals surface area contributed by atoms with E-state index in [-0.39, 0.29) is 0 Å². The molecule has 3 heteroatoms. The second-order valence-corrected chi connectivity index (χ2v) is 6.92. The molecule has 2 atom stereocenters. The van der Waals surface area contributed by atoms with Crippen molar-refractivity contribution in [2.45, 2.75) is 44.2 Å². The number of hydrogen-bond acceptors (Lipinski definition) is 3. The fourth-order valence-electron chi connectivity index (χ4n) is 3.03. The summed E-state index contributed by atoms with van der Waals surface area (Å²) < 4.78 is 0. The molecular formula is C13H24N2S. The third-order valence-corrected chi connectivity index (χ3v) is 5.33. The first-order valence-electron chi connectivity index (χ1n) is 6.96. The molecular weight excluding hydrogens is 216 g/mol. The Morgan fingerprint density at radius 1 is 1.12 bits per heavy atom. The Labute approximate surface area is 104 Å². The van der Waals surface area contributed by atoms with Gasteiger partial charge in [-0.2, -0.15) is 11.8 Å². The smallest absolute Gasteiger partial charge is 0.0198 e. The predicted octanol–water partition coefficient (Wildman–Crippen LogP) is 1.96. The van der Waals surface area contributed by atoms with Gasteiger partial charge in [0.15, 0.2) is 0 Å². The average Bonchev–Trinajstić information content (AvgIpc) is 2.94. The first kappa shape index (κ1) is 11.4. The molecule has 1 aliphatic carbocycles. The summed E-state index contributed by atoms with van der Waals surface area (Å²) in [7, 11) is 0. The molecule has 0 aromatic rings. The fraction of sp³-hybridized carbons (Fsp3) is 1.00. The summed E-state index contributed by atoms with van der Waals surface area (Å²) in [5.41, 5.74) is 0. The highest BCUT2D eigenvalue weighted by molar-refractivity contribution is 7.99. The van der Waals surface area contributed by atoms with Crippen molar-refractivity contribution in [2.24, 2.45) is 5.92 Å². The largest absolute Gasteiger partial charge is 0.310 e. The van der Waals surface area contributed by atoms with E-state index in [1.54, 1.807) is 0 Å². The first-order chi connectivity index (χ1) is 7.90. The SMILES string of the molecule is C1CC(NC2CC2)CN(CC2CCSC2)C1. The molecule has 16 heavy (non-hydrogen) atoms. The average molecular weight is 240 g/mol. The van der Waals surface area contributed by atoms with E-state index in [9.17, 15) is 0 Å². The van der Waals surface area contributed by atoms with E-state index in [0.29, 0.717) is 0 Å². The van der Waals surface area contributed by atoms with Crippen LogP contribution in [0.5, 0.6) is 0 Å². The molecule has 2 unspecified atom stereocenters. The summed E-state index contributed by atoms with van der Waals surface area (Å²) in [6, 6.07) is 1.68. The van der Waals surface area contributed by atoms with E-state index < -0.39 is 0 Å². The normalized spacial score (nSPS) is 36.8. The number of nitrogens with zero attached hydrogens (tertiary/aromatic N) is 1. The fourth-order valence-corrected chi connectivity index (χ4v) is 4.31. The molecule has 1 saturated carbocycles. The van der Waals surface area contributed by atoms with Crippen LogP contribution in [0.2, 0.25) is 0 Å². The molecule has 0 aromatic heterocycles. The minimum absolute atomic E-state index is 0.801. The van der Waals surface area contributed by atoms with Gasteiger partial charge < -0.3 is 10.2 Å². The van der Waals surface area contributed by atoms with Crippen LogP contribution in [0.15, 0.2) is 0 Å². The highest BCUT2D eigenvalue weighted by atomic mass is 32.2. The van der Waals surface area contributed by atoms with Crippen molar-refractivity contribution in [3.8, 4) is 0 Å². The maximum Gasteiger partial charge on any atom is 0.0198 e. The van der Waals surface area contributed by atoms with Crippen LogP contribution in [0, 0.1) is 5.92 Å². The van der Waals surface area contributed by atoms with Crippen molar-refractivity contribution in [1.82, 2.24) is 10.2 Å². The van der Waals surface area contributed by atoms with Gasteiger partial charge in [0.05, 0.1) is 0 Å². The van der Waals surface area contributed by atoms with E-state index in [4.69, 9.17) is 0 Å². The lowest BCUT2D eigenvalue weighted by atomic mass is 10.0. The van der Waals surface area contributed by atoms with Crippen LogP contribution in [0.1, 0.15) is 32.1 Å². The monoisotopic (exact) mass is 240 g/mol. The van der Waals surface area contributed by atoms with Crippen molar-refractivity contribution < 1.29 is 0 Å². The Bertz CT molecular complexity index is 224. The van der Waals surface area contributed by atoms with Gasteiger partial charge in [0, 0.05) is 25.2 Å². The minimum Gasteiger partial charge on any atom is -0.310 e. The van der Waals surface area contributed by atoms with Gasteiger partial charge >= 0.3 is 0 Å². The molecule has 0 amide bonds. The number of hydrogen-bond donors (Lipinski definition) is 1. The van der Waals surface area contributed by atoms with Crippen LogP contribution >= 0.6 is 11.8 Å². The molecule has 1 N–H and O–H groups in total. The summed E-state index contributed by atoms with van der Waals surface area (Å²) in [5, 5.41) is 3.80. The van der Waals surface area contributed by atoms with Gasteiger partial charge in [0.2, 0.25) is 0 Å². The van der Waals surface area contributed by atoms with Crippen LogP contribution in [0.25, 0.3) is 0 Å². The zero-order valence-corrected chi connectivity index (χ0v) is 11.0. The third kappa shape index (κ3) is 3.14. The Balaban J connectivity index is 1.43. The Morgan fingerprint density at radius 3 is 2.81 bits per heavy atom. The molecule has 3 fully saturated rings. The van der Waals surface area contributed by atoms with Gasteiger partial charge in [-0.1, -0.05) is 0 Å². The van der Waals surface area contributed by atoms with Crippen LogP contribution in [0.4, 0.5) is 0 Å². The van der Waals surface area contributed by atoms with Gasteiger partial charge in [-0.05, 0) is 56.1 Å². The zero-order chi connectivity index (χ0) is 10.8. The number of nitrogens with one attached hydrogen (secondary N) is 1. The molecule has 2 nitrogen and oxygen atoms in total. The van der Waals surface area contributed by atoms with Crippen molar-refractivity contribution in [3.05, 3.63) is 0 Å². The summed E-state index contributed by atoms with van der Waals surface area (Å²) in [6.45, 7) is 4.04. The molecule has 2 heterocycles. The van der Waals surface area contributed by atoms with Crippen molar-refractivity contribution in [3.63, 3.8) is 0 Å². The van der Waals surface area contributed by atoms with E-state index in [1.807, 2.05) is 0 Å². The molecule has 3 rings (SSSR count). The number of piperidine rings is 1. The zero-order valence-electron chi connectivity index (χ0n) is 10.2. The molecule has 0 spiro atoms. The quantitative estimate of drug-likeness (QED) is 0.809. The van der Waals surface area contributed by atoms with Gasteiger partial charge in [-0.3, -0.25) is 0 Å². The number of likely N-dealkylation sites (tertiary alicyclic amines) is 1. The standard InChI is InChI=1S/C13H24N2S/c1-2-13(14-12-3-4-12)9-15(6-1)8-11-5-7-16-10-11/h11-14H,1-10H2. The van der Waals surface area contributed by atoms with Gasteiger partial charge in [0.1, 0.15) is 0 Å². The van der Waals surface area contributed by atoms with Gasteiger partial charge in [-0.25, -0.2) is 0 Å². The minimum atomic E-state index is 0.801. The Kier molecular flexibility index (Phi) is 3.75. The van der Waals surface area contributed by atoms with E-state index in [1.165, 1.54) is 63.2 Å². The van der Waals surface area contributed by atoms with Crippen molar-refractivity contribution >= 4 is 11.8 Å². The van der Waals surface area contributed by atoms with Crippen LogP contribution < -0.4 is 5.32 Å². The lowest BCUT2D eigenvalue weighted by molar-refractivity contribution is 0.170. The molecule has 0 radical (unpaired) electrons. The molecule has 3 aliphatic rings. The third-order valence-electron chi connectivity index (χ3n) is 4.09. The van der Waals surface area contributed by atoms with Crippen LogP contribution in [-0.4, -0.2) is 48.1 Å². The first-order valence-corrected chi connectivity index (χ1v) is 8.12. The maximum absolute atomic E-state index is 3.80. The maximum atomic E-state index is 3.80. The topological polar surface area (TPSA) is 15.3 Å². The summed E-state index contributed by atoms with van der Waals surface area (Å²) in [6.07, 6.45) is 7.13. The molecule has 92 valence electrons. The molecule has 0 aromatic carbocycles. The summed E-state index contributed by atoms with van der Waals surface area (Å²) in [5.74, 6) is 3.81. The highest BCUT2D eigenvalue weighted by Crippen LogP contribution is 2.26. The van der Waals surface area contributed by atoms with Crippen molar-refractivity contribution in [2.75, 3.05) is 31.1 Å². The van der Waals surface area contributed by atoms with Crippen molar-refractivity contribution in [1.29, 1.82) is 0 Å². The lowest BCUT2D eigenvalue weighted by Crippen LogP contribution is -2.47. The van der Waals surface area contributed by atoms with E-state index in [0.717, 1.165) is 18.0 Å². The van der Waals surface area contributed by atoms with Gasteiger partial charge in [-0.15, -0.1) is 0 Å². The van der Waals surface area contributed by atoms with Crippen LogP contribution in [-0.2, 0) is 0 Å². The lowest BCUT2D eigenvalue weighted by Gasteiger charge is -2.34. The van der Waals surface area contributed by atoms with E-state index in [2.05, 4.69) is 22.0 Å². The van der Waals surface area contributed by atoms with Gasteiger partial charge in [0.25, 0.3) is 0 Å². The Morgan fingerprint density at radius 2 is 2.06 bits per heavy atom. The second-order valence-electron chi connectivity index (χ2n) is 5.77. The van der Waals surface area contributed by atoms with E-state index >= 15 is 0 Å². The summed E-state index contributed by atoms with van der Waals surface area (Å²) in [4.78, 5) is 2.72. The summed E-state index contributed by atoms with van der Waals surface area (Å²) >= 11 is 2.15. The second kappa shape index (κ2) is 5.28. The molecule has 0 bridgehead atoms. The highest BCUT2D eigenvalue weighted by Gasteiger charge is 2.28. The number of rotatable bonds is 4.